The lowest BCUT2D eigenvalue weighted by Crippen LogP contribution is -2.41. The molecular formula is C42H67N2+. The van der Waals surface area contributed by atoms with Crippen LogP contribution in [0.1, 0.15) is 171 Å². The third-order valence-electron chi connectivity index (χ3n) is 9.62. The summed E-state index contributed by atoms with van der Waals surface area (Å²) < 4.78 is 5.39. The van der Waals surface area contributed by atoms with Gasteiger partial charge in [-0.05, 0) is 42.7 Å². The van der Waals surface area contributed by atoms with Crippen molar-refractivity contribution >= 4 is 0 Å². The molecule has 1 unspecified atom stereocenters. The maximum atomic E-state index is 2.74. The molecule has 0 saturated heterocycles. The molecule has 3 aromatic rings. The Bertz CT molecular complexity index is 1080. The standard InChI is InChI=1S/C42H67N2/c1-4-6-8-10-12-13-14-15-16-18-20-28-34-44-41(35-38(3)40-31-25-22-26-32-40)37-43(33-27-19-17-11-9-7-5-2)42(44)36-39-29-23-21-24-30-39/h21-26,29-32,37-38H,4-20,27-28,33-36H2,1-3H3/q+1. The van der Waals surface area contributed by atoms with Gasteiger partial charge < -0.3 is 0 Å². The number of benzene rings is 2. The highest BCUT2D eigenvalue weighted by Gasteiger charge is 2.25. The monoisotopic (exact) mass is 600 g/mol. The van der Waals surface area contributed by atoms with Crippen LogP contribution in [0.15, 0.2) is 66.9 Å². The summed E-state index contributed by atoms with van der Waals surface area (Å²) in [6, 6.07) is 22.3. The number of aryl methyl sites for hydroxylation is 1. The molecule has 1 heterocycles. The Labute approximate surface area is 272 Å². The third-order valence-corrected chi connectivity index (χ3v) is 9.62. The largest absolute Gasteiger partial charge is 0.261 e. The molecule has 2 aromatic carbocycles. The number of unbranched alkanes of at least 4 members (excludes halogenated alkanes) is 17. The Kier molecular flexibility index (Phi) is 18.9. The van der Waals surface area contributed by atoms with Crippen molar-refractivity contribution in [1.29, 1.82) is 0 Å². The number of hydrogen-bond donors (Lipinski definition) is 0. The molecular weight excluding hydrogens is 532 g/mol. The maximum Gasteiger partial charge on any atom is 0.261 e. The van der Waals surface area contributed by atoms with Crippen LogP contribution in [0, 0.1) is 0 Å². The van der Waals surface area contributed by atoms with E-state index in [-0.39, 0.29) is 0 Å². The molecule has 0 radical (unpaired) electrons. The van der Waals surface area contributed by atoms with E-state index in [0.29, 0.717) is 5.92 Å². The molecule has 0 saturated carbocycles. The number of aromatic nitrogens is 2. The Morgan fingerprint density at radius 1 is 0.568 bits per heavy atom. The highest BCUT2D eigenvalue weighted by Crippen LogP contribution is 2.21. The molecule has 0 N–H and O–H groups in total. The Balaban J connectivity index is 1.64. The van der Waals surface area contributed by atoms with Gasteiger partial charge in [0.05, 0.1) is 19.5 Å². The fraction of sp³-hybridized carbons (Fsp3) is 0.643. The number of nitrogens with zero attached hydrogens (tertiary/aromatic N) is 2. The van der Waals surface area contributed by atoms with Crippen molar-refractivity contribution in [3.05, 3.63) is 89.5 Å². The minimum Gasteiger partial charge on any atom is -0.234 e. The van der Waals surface area contributed by atoms with Crippen LogP contribution in [0.25, 0.3) is 0 Å². The van der Waals surface area contributed by atoms with Crippen LogP contribution < -0.4 is 4.57 Å². The molecule has 0 aliphatic rings. The third kappa shape index (κ3) is 14.2. The van der Waals surface area contributed by atoms with Crippen molar-refractivity contribution < 1.29 is 4.57 Å². The highest BCUT2D eigenvalue weighted by atomic mass is 15.2. The van der Waals surface area contributed by atoms with E-state index in [4.69, 9.17) is 0 Å². The minimum absolute atomic E-state index is 0.517. The second-order valence-electron chi connectivity index (χ2n) is 13.6. The van der Waals surface area contributed by atoms with E-state index in [9.17, 15) is 0 Å². The summed E-state index contributed by atoms with van der Waals surface area (Å²) in [5, 5.41) is 0. The van der Waals surface area contributed by atoms with Crippen LogP contribution >= 0.6 is 0 Å². The zero-order chi connectivity index (χ0) is 31.1. The molecule has 2 nitrogen and oxygen atoms in total. The van der Waals surface area contributed by atoms with Crippen molar-refractivity contribution in [3.8, 4) is 0 Å². The lowest BCUT2D eigenvalue weighted by molar-refractivity contribution is -0.710. The fourth-order valence-corrected chi connectivity index (χ4v) is 6.81. The van der Waals surface area contributed by atoms with Gasteiger partial charge in [-0.25, -0.2) is 9.13 Å². The van der Waals surface area contributed by atoms with Gasteiger partial charge in [0.15, 0.2) is 0 Å². The summed E-state index contributed by atoms with van der Waals surface area (Å²) in [5.74, 6) is 2.03. The first-order valence-electron chi connectivity index (χ1n) is 18.9. The zero-order valence-electron chi connectivity index (χ0n) is 29.1. The molecule has 44 heavy (non-hydrogen) atoms. The van der Waals surface area contributed by atoms with E-state index >= 15 is 0 Å². The number of imidazole rings is 1. The lowest BCUT2D eigenvalue weighted by atomic mass is 9.96. The first kappa shape index (κ1) is 36.1. The van der Waals surface area contributed by atoms with Gasteiger partial charge in [-0.15, -0.1) is 0 Å². The van der Waals surface area contributed by atoms with E-state index in [1.807, 2.05) is 0 Å². The molecule has 0 amide bonds. The van der Waals surface area contributed by atoms with Gasteiger partial charge in [0.1, 0.15) is 11.9 Å². The molecule has 3 rings (SSSR count). The second kappa shape index (κ2) is 23.1. The topological polar surface area (TPSA) is 8.81 Å². The van der Waals surface area contributed by atoms with Crippen molar-refractivity contribution in [1.82, 2.24) is 4.57 Å². The van der Waals surface area contributed by atoms with Gasteiger partial charge in [-0.3, -0.25) is 0 Å². The summed E-state index contributed by atoms with van der Waals surface area (Å²) in [5.41, 5.74) is 4.41. The highest BCUT2D eigenvalue weighted by molar-refractivity contribution is 5.21. The maximum absolute atomic E-state index is 2.74. The lowest BCUT2D eigenvalue weighted by Gasteiger charge is -2.12. The summed E-state index contributed by atoms with van der Waals surface area (Å²) in [6.45, 7) is 9.33. The normalized spacial score (nSPS) is 12.2. The fourth-order valence-electron chi connectivity index (χ4n) is 6.81. The number of rotatable bonds is 26. The van der Waals surface area contributed by atoms with E-state index in [1.54, 1.807) is 0 Å². The van der Waals surface area contributed by atoms with Gasteiger partial charge in [0.25, 0.3) is 5.82 Å². The van der Waals surface area contributed by atoms with Gasteiger partial charge in [-0.2, -0.15) is 0 Å². The van der Waals surface area contributed by atoms with E-state index < -0.39 is 0 Å². The Hall–Kier alpha value is -2.35. The smallest absolute Gasteiger partial charge is 0.234 e. The second-order valence-corrected chi connectivity index (χ2v) is 13.6. The van der Waals surface area contributed by atoms with E-state index in [1.165, 1.54) is 145 Å². The van der Waals surface area contributed by atoms with Crippen LogP contribution in [0.2, 0.25) is 0 Å². The average molecular weight is 600 g/mol. The molecule has 0 aliphatic heterocycles. The molecule has 0 bridgehead atoms. The van der Waals surface area contributed by atoms with E-state index in [2.05, 4.69) is 96.8 Å². The van der Waals surface area contributed by atoms with Crippen molar-refractivity contribution in [2.24, 2.45) is 0 Å². The van der Waals surface area contributed by atoms with Gasteiger partial charge in [0, 0.05) is 6.42 Å². The van der Waals surface area contributed by atoms with Crippen molar-refractivity contribution in [2.75, 3.05) is 0 Å². The van der Waals surface area contributed by atoms with Crippen molar-refractivity contribution in [3.63, 3.8) is 0 Å². The Morgan fingerprint density at radius 3 is 1.59 bits per heavy atom. The summed E-state index contributed by atoms with van der Waals surface area (Å²) in [7, 11) is 0. The van der Waals surface area contributed by atoms with Crippen molar-refractivity contribution in [2.45, 2.75) is 175 Å². The predicted molar refractivity (Wildman–Crippen MR) is 192 cm³/mol. The van der Waals surface area contributed by atoms with Gasteiger partial charge in [0.2, 0.25) is 0 Å². The first-order valence-corrected chi connectivity index (χ1v) is 18.9. The average Bonchev–Trinajstić information content (AvgIpc) is 3.36. The summed E-state index contributed by atoms with van der Waals surface area (Å²) in [4.78, 5) is 0. The summed E-state index contributed by atoms with van der Waals surface area (Å²) >= 11 is 0. The summed E-state index contributed by atoms with van der Waals surface area (Å²) in [6.07, 6.45) is 31.0. The molecule has 0 fully saturated rings. The van der Waals surface area contributed by atoms with Crippen LogP contribution in [0.4, 0.5) is 0 Å². The molecule has 2 heteroatoms. The quantitative estimate of drug-likeness (QED) is 0.0641. The molecule has 1 aromatic heterocycles. The predicted octanol–water partition coefficient (Wildman–Crippen LogP) is 12.2. The molecule has 0 aliphatic carbocycles. The molecule has 1 atom stereocenters. The number of hydrogen-bond acceptors (Lipinski definition) is 0. The van der Waals surface area contributed by atoms with Crippen LogP contribution in [-0.2, 0) is 25.9 Å². The van der Waals surface area contributed by atoms with Gasteiger partial charge >= 0.3 is 0 Å². The molecule has 244 valence electrons. The van der Waals surface area contributed by atoms with Gasteiger partial charge in [-0.1, -0.05) is 178 Å². The zero-order valence-corrected chi connectivity index (χ0v) is 29.1. The van der Waals surface area contributed by atoms with E-state index in [0.717, 1.165) is 25.9 Å². The molecule has 0 spiro atoms. The Morgan fingerprint density at radius 2 is 1.05 bits per heavy atom. The first-order chi connectivity index (χ1) is 21.7. The van der Waals surface area contributed by atoms with Crippen LogP contribution in [0.3, 0.4) is 0 Å². The van der Waals surface area contributed by atoms with Crippen LogP contribution in [0.5, 0.6) is 0 Å². The SMILES string of the molecule is CCCCCCCCCCCCCC[n+]1c(CC(C)c2ccccc2)cn(CCCCCCCCC)c1Cc1ccccc1. The van der Waals surface area contributed by atoms with Crippen LogP contribution in [-0.4, -0.2) is 4.57 Å². The minimum atomic E-state index is 0.517.